The standard InChI is InChI=1S/C11H22N2O2/c1-9(8-15-3)13-10(14)7-12-11(2)5-4-6-11/h9,12H,4-8H2,1-3H3,(H,13,14). The zero-order valence-corrected chi connectivity index (χ0v) is 9.93. The first kappa shape index (κ1) is 12.5. The van der Waals surface area contributed by atoms with Gasteiger partial charge in [0.2, 0.25) is 5.91 Å². The number of ether oxygens (including phenoxy) is 1. The molecule has 1 fully saturated rings. The van der Waals surface area contributed by atoms with E-state index in [4.69, 9.17) is 4.74 Å². The van der Waals surface area contributed by atoms with Crippen LogP contribution >= 0.6 is 0 Å². The van der Waals surface area contributed by atoms with Gasteiger partial charge in [0, 0.05) is 18.7 Å². The molecule has 15 heavy (non-hydrogen) atoms. The topological polar surface area (TPSA) is 50.4 Å². The van der Waals surface area contributed by atoms with E-state index in [1.54, 1.807) is 7.11 Å². The third kappa shape index (κ3) is 4.18. The number of carbonyl (C=O) groups is 1. The minimum Gasteiger partial charge on any atom is -0.383 e. The van der Waals surface area contributed by atoms with E-state index < -0.39 is 0 Å². The Balaban J connectivity index is 2.13. The molecule has 1 amide bonds. The highest BCUT2D eigenvalue weighted by Crippen LogP contribution is 2.30. The lowest BCUT2D eigenvalue weighted by Gasteiger charge is -2.39. The van der Waals surface area contributed by atoms with Crippen molar-refractivity contribution in [2.24, 2.45) is 0 Å². The van der Waals surface area contributed by atoms with Gasteiger partial charge in [-0.3, -0.25) is 4.79 Å². The molecule has 1 atom stereocenters. The summed E-state index contributed by atoms with van der Waals surface area (Å²) in [6.45, 7) is 5.07. The maximum absolute atomic E-state index is 11.5. The zero-order chi connectivity index (χ0) is 11.3. The summed E-state index contributed by atoms with van der Waals surface area (Å²) in [7, 11) is 1.64. The number of carbonyl (C=O) groups excluding carboxylic acids is 1. The SMILES string of the molecule is COCC(C)NC(=O)CNC1(C)CCC1. The van der Waals surface area contributed by atoms with Gasteiger partial charge < -0.3 is 15.4 Å². The Morgan fingerprint density at radius 2 is 2.20 bits per heavy atom. The molecular formula is C11H22N2O2. The number of nitrogens with one attached hydrogen (secondary N) is 2. The lowest BCUT2D eigenvalue weighted by Crippen LogP contribution is -2.52. The molecule has 0 heterocycles. The van der Waals surface area contributed by atoms with Crippen LogP contribution in [0.25, 0.3) is 0 Å². The molecule has 1 aliphatic rings. The van der Waals surface area contributed by atoms with Crippen molar-refractivity contribution in [1.82, 2.24) is 10.6 Å². The van der Waals surface area contributed by atoms with Gasteiger partial charge in [0.1, 0.15) is 0 Å². The summed E-state index contributed by atoms with van der Waals surface area (Å²) in [4.78, 5) is 11.5. The molecule has 4 heteroatoms. The van der Waals surface area contributed by atoms with E-state index in [0.29, 0.717) is 13.2 Å². The van der Waals surface area contributed by atoms with Crippen LogP contribution in [0.2, 0.25) is 0 Å². The van der Waals surface area contributed by atoms with Gasteiger partial charge in [-0.25, -0.2) is 0 Å². The summed E-state index contributed by atoms with van der Waals surface area (Å²) in [5.41, 5.74) is 0.196. The molecule has 1 unspecified atom stereocenters. The van der Waals surface area contributed by atoms with Gasteiger partial charge >= 0.3 is 0 Å². The molecular weight excluding hydrogens is 192 g/mol. The molecule has 0 radical (unpaired) electrons. The molecule has 0 spiro atoms. The van der Waals surface area contributed by atoms with Gasteiger partial charge in [0.05, 0.1) is 13.2 Å². The van der Waals surface area contributed by atoms with Crippen molar-refractivity contribution >= 4 is 5.91 Å². The third-order valence-corrected chi connectivity index (χ3v) is 2.96. The molecule has 2 N–H and O–H groups in total. The average molecular weight is 214 g/mol. The second-order valence-electron chi connectivity index (χ2n) is 4.69. The minimum atomic E-state index is 0.0488. The van der Waals surface area contributed by atoms with Crippen molar-refractivity contribution in [1.29, 1.82) is 0 Å². The fourth-order valence-corrected chi connectivity index (χ4v) is 1.80. The number of hydrogen-bond donors (Lipinski definition) is 2. The molecule has 0 bridgehead atoms. The molecule has 1 rings (SSSR count). The van der Waals surface area contributed by atoms with Gasteiger partial charge in [-0.1, -0.05) is 0 Å². The van der Waals surface area contributed by atoms with Crippen molar-refractivity contribution in [2.45, 2.75) is 44.7 Å². The fourth-order valence-electron chi connectivity index (χ4n) is 1.80. The average Bonchev–Trinajstić information content (AvgIpc) is 2.12. The van der Waals surface area contributed by atoms with E-state index in [1.807, 2.05) is 6.92 Å². The Labute approximate surface area is 91.8 Å². The second-order valence-corrected chi connectivity index (χ2v) is 4.69. The van der Waals surface area contributed by atoms with E-state index in [0.717, 1.165) is 0 Å². The quantitative estimate of drug-likeness (QED) is 0.683. The van der Waals surface area contributed by atoms with Crippen molar-refractivity contribution in [3.05, 3.63) is 0 Å². The van der Waals surface area contributed by atoms with Crippen molar-refractivity contribution in [3.8, 4) is 0 Å². The predicted octanol–water partition coefficient (Wildman–Crippen LogP) is 0.670. The predicted molar refractivity (Wildman–Crippen MR) is 59.7 cm³/mol. The highest BCUT2D eigenvalue weighted by atomic mass is 16.5. The zero-order valence-electron chi connectivity index (χ0n) is 9.93. The summed E-state index contributed by atoms with van der Waals surface area (Å²) >= 11 is 0. The van der Waals surface area contributed by atoms with Gasteiger partial charge in [-0.2, -0.15) is 0 Å². The Hall–Kier alpha value is -0.610. The van der Waals surface area contributed by atoms with Crippen molar-refractivity contribution in [3.63, 3.8) is 0 Å². The van der Waals surface area contributed by atoms with E-state index in [2.05, 4.69) is 17.6 Å². The van der Waals surface area contributed by atoms with Crippen LogP contribution < -0.4 is 10.6 Å². The van der Waals surface area contributed by atoms with Crippen LogP contribution in [0.15, 0.2) is 0 Å². The van der Waals surface area contributed by atoms with Crippen molar-refractivity contribution < 1.29 is 9.53 Å². The number of amides is 1. The van der Waals surface area contributed by atoms with Gasteiger partial charge in [-0.05, 0) is 33.1 Å². The van der Waals surface area contributed by atoms with E-state index in [-0.39, 0.29) is 17.5 Å². The van der Waals surface area contributed by atoms with Crippen LogP contribution in [0.4, 0.5) is 0 Å². The number of rotatable bonds is 6. The molecule has 88 valence electrons. The monoisotopic (exact) mass is 214 g/mol. The van der Waals surface area contributed by atoms with Crippen LogP contribution in [-0.2, 0) is 9.53 Å². The molecule has 0 saturated heterocycles. The van der Waals surface area contributed by atoms with E-state index in [9.17, 15) is 4.79 Å². The third-order valence-electron chi connectivity index (χ3n) is 2.96. The van der Waals surface area contributed by atoms with Crippen LogP contribution in [0.1, 0.15) is 33.1 Å². The van der Waals surface area contributed by atoms with Crippen LogP contribution in [0.3, 0.4) is 0 Å². The molecule has 1 aliphatic carbocycles. The largest absolute Gasteiger partial charge is 0.383 e. The van der Waals surface area contributed by atoms with Crippen molar-refractivity contribution in [2.75, 3.05) is 20.3 Å². The first-order valence-electron chi connectivity index (χ1n) is 5.59. The second kappa shape index (κ2) is 5.47. The van der Waals surface area contributed by atoms with Crippen LogP contribution in [-0.4, -0.2) is 37.7 Å². The molecule has 0 aliphatic heterocycles. The Bertz CT molecular complexity index is 215. The Morgan fingerprint density at radius 1 is 1.53 bits per heavy atom. The van der Waals surface area contributed by atoms with Crippen LogP contribution in [0, 0.1) is 0 Å². The molecule has 0 aromatic carbocycles. The summed E-state index contributed by atoms with van der Waals surface area (Å²) in [6, 6.07) is 0.0819. The first-order chi connectivity index (χ1) is 7.06. The molecule has 0 aromatic rings. The Morgan fingerprint density at radius 3 is 2.67 bits per heavy atom. The summed E-state index contributed by atoms with van der Waals surface area (Å²) in [5, 5.41) is 6.16. The van der Waals surface area contributed by atoms with E-state index in [1.165, 1.54) is 19.3 Å². The summed E-state index contributed by atoms with van der Waals surface area (Å²) < 4.78 is 4.95. The molecule has 0 aromatic heterocycles. The van der Waals surface area contributed by atoms with Crippen LogP contribution in [0.5, 0.6) is 0 Å². The van der Waals surface area contributed by atoms with E-state index >= 15 is 0 Å². The minimum absolute atomic E-state index is 0.0488. The summed E-state index contributed by atoms with van der Waals surface area (Å²) in [5.74, 6) is 0.0488. The number of methoxy groups -OCH3 is 1. The van der Waals surface area contributed by atoms with Gasteiger partial charge in [0.15, 0.2) is 0 Å². The normalized spacial score (nSPS) is 20.5. The molecule has 4 nitrogen and oxygen atoms in total. The molecule has 1 saturated carbocycles. The Kier molecular flexibility index (Phi) is 4.54. The highest BCUT2D eigenvalue weighted by molar-refractivity contribution is 5.78. The van der Waals surface area contributed by atoms with Gasteiger partial charge in [-0.15, -0.1) is 0 Å². The fraction of sp³-hybridized carbons (Fsp3) is 0.909. The smallest absolute Gasteiger partial charge is 0.234 e. The van der Waals surface area contributed by atoms with Gasteiger partial charge in [0.25, 0.3) is 0 Å². The lowest BCUT2D eigenvalue weighted by molar-refractivity contribution is -0.121. The maximum Gasteiger partial charge on any atom is 0.234 e. The maximum atomic E-state index is 11.5. The summed E-state index contributed by atoms with van der Waals surface area (Å²) in [6.07, 6.45) is 3.62. The highest BCUT2D eigenvalue weighted by Gasteiger charge is 2.31. The number of hydrogen-bond acceptors (Lipinski definition) is 3. The lowest BCUT2D eigenvalue weighted by atomic mass is 9.78. The first-order valence-corrected chi connectivity index (χ1v) is 5.59.